The Bertz CT molecular complexity index is 1070. The van der Waals surface area contributed by atoms with E-state index >= 15 is 0 Å². The van der Waals surface area contributed by atoms with Crippen LogP contribution in [0.5, 0.6) is 5.75 Å². The van der Waals surface area contributed by atoms with Gasteiger partial charge in [0.2, 0.25) is 0 Å². The first kappa shape index (κ1) is 32.5. The van der Waals surface area contributed by atoms with Gasteiger partial charge in [-0.15, -0.1) is 0 Å². The molecule has 0 aromatic heterocycles. The second kappa shape index (κ2) is 17.8. The topological polar surface area (TPSA) is 9.23 Å². The molecule has 3 aromatic carbocycles. The van der Waals surface area contributed by atoms with Crippen LogP contribution < -0.4 is 10.0 Å². The molecule has 0 heterocycles. The molecule has 0 saturated heterocycles. The summed E-state index contributed by atoms with van der Waals surface area (Å²) in [5.41, 5.74) is 7.35. The molecule has 2 aliphatic carbocycles. The van der Waals surface area contributed by atoms with E-state index in [1.54, 1.807) is 5.30 Å². The zero-order chi connectivity index (χ0) is 28.0. The average Bonchev–Trinajstić information content (AvgIpc) is 2.97. The Morgan fingerprint density at radius 1 is 0.769 bits per heavy atom. The average molecular weight is 701 g/mol. The van der Waals surface area contributed by atoms with E-state index in [9.17, 15) is 0 Å². The molecule has 0 unspecified atom stereocenters. The number of benzene rings is 3. The molecule has 0 amide bonds. The van der Waals surface area contributed by atoms with Gasteiger partial charge in [-0.1, -0.05) is 50.1 Å². The van der Waals surface area contributed by atoms with Gasteiger partial charge in [0.25, 0.3) is 0 Å². The maximum atomic E-state index is 6.32. The number of hydrogen-bond acceptors (Lipinski definition) is 1. The van der Waals surface area contributed by atoms with E-state index in [1.807, 2.05) is 24.3 Å². The molecular formula is C35H47BrOPPd+. The number of ether oxygens (including phenoxy) is 1. The van der Waals surface area contributed by atoms with Crippen molar-refractivity contribution in [1.29, 1.82) is 0 Å². The quantitative estimate of drug-likeness (QED) is 0.141. The van der Waals surface area contributed by atoms with Crippen LogP contribution in [-0.4, -0.2) is 17.4 Å². The molecule has 1 nitrogen and oxygen atoms in total. The molecule has 2 fully saturated rings. The molecule has 2 aliphatic rings. The third kappa shape index (κ3) is 9.82. The van der Waals surface area contributed by atoms with Crippen molar-refractivity contribution in [2.45, 2.75) is 109 Å². The maximum absolute atomic E-state index is 6.32. The minimum absolute atomic E-state index is 0.194. The first-order valence-corrected chi connectivity index (χ1v) is 20.0. The summed E-state index contributed by atoms with van der Waals surface area (Å²) in [6.07, 6.45) is 14.7. The minimum atomic E-state index is -0.617. The van der Waals surface area contributed by atoms with E-state index < -0.39 is 7.92 Å². The van der Waals surface area contributed by atoms with Gasteiger partial charge >= 0.3 is 30.6 Å². The number of hydrogen-bond donors (Lipinski definition) is 0. The van der Waals surface area contributed by atoms with Crippen molar-refractivity contribution in [3.05, 3.63) is 83.9 Å². The summed E-state index contributed by atoms with van der Waals surface area (Å²) in [5, 5.41) is 1.70. The van der Waals surface area contributed by atoms with Crippen LogP contribution in [0.2, 0.25) is 0 Å². The molecule has 0 radical (unpaired) electrons. The summed E-state index contributed by atoms with van der Waals surface area (Å²) in [5.74, 6) is 1.06. The summed E-state index contributed by atoms with van der Waals surface area (Å²) in [6.45, 7) is 8.59. The first-order valence-electron chi connectivity index (χ1n) is 14.8. The van der Waals surface area contributed by atoms with Gasteiger partial charge in [-0.3, -0.25) is 0 Å². The van der Waals surface area contributed by atoms with Crippen LogP contribution in [0.1, 0.15) is 89.2 Å². The molecule has 0 spiro atoms. The van der Waals surface area contributed by atoms with E-state index in [0.717, 1.165) is 17.1 Å². The van der Waals surface area contributed by atoms with Crippen LogP contribution in [0.25, 0.3) is 11.1 Å². The van der Waals surface area contributed by atoms with Crippen LogP contribution in [0.15, 0.2) is 66.7 Å². The Morgan fingerprint density at radius 3 is 1.85 bits per heavy atom. The normalized spacial score (nSPS) is 16.2. The van der Waals surface area contributed by atoms with E-state index in [-0.39, 0.29) is 6.10 Å². The Morgan fingerprint density at radius 2 is 1.33 bits per heavy atom. The van der Waals surface area contributed by atoms with Gasteiger partial charge in [0.05, 0.1) is 22.7 Å². The molecule has 0 atom stereocenters. The van der Waals surface area contributed by atoms with Crippen LogP contribution in [0.4, 0.5) is 0 Å². The molecule has 39 heavy (non-hydrogen) atoms. The van der Waals surface area contributed by atoms with Crippen molar-refractivity contribution in [2.24, 2.45) is 0 Å². The van der Waals surface area contributed by atoms with Crippen molar-refractivity contribution in [2.75, 3.05) is 0 Å². The second-order valence-electron chi connectivity index (χ2n) is 11.4. The standard InChI is InChI=1S/C28H39OP.C7H7.BrH.Pd/c1-21(2)29-26-19-12-13-22(3)28(26)25-18-10-11-20-27(25)30(23-14-6-4-7-15-23)24-16-8-5-9-17-24;1-7-5-3-2-4-6-7;;/h10-13,18-21,23-24H,4-9,14-17H2,1-3H3;3-6H,1H3;1H;/q;-1;;+2. The van der Waals surface area contributed by atoms with Crippen molar-refractivity contribution in [1.82, 2.24) is 0 Å². The zero-order valence-electron chi connectivity index (χ0n) is 24.3. The Kier molecular flexibility index (Phi) is 14.8. The summed E-state index contributed by atoms with van der Waals surface area (Å²) in [6, 6.07) is 26.8. The molecule has 214 valence electrons. The fourth-order valence-corrected chi connectivity index (χ4v) is 10.8. The number of aryl methyl sites for hydroxylation is 2. The zero-order valence-corrected chi connectivity index (χ0v) is 28.4. The molecule has 2 saturated carbocycles. The van der Waals surface area contributed by atoms with Crippen LogP contribution in [0.3, 0.4) is 0 Å². The van der Waals surface area contributed by atoms with Gasteiger partial charge in [0, 0.05) is 19.0 Å². The van der Waals surface area contributed by atoms with Crippen LogP contribution in [-0.2, 0) is 17.2 Å². The van der Waals surface area contributed by atoms with Gasteiger partial charge < -0.3 is 4.74 Å². The van der Waals surface area contributed by atoms with Gasteiger partial charge in [0.1, 0.15) is 5.75 Å². The molecule has 3 aromatic rings. The van der Waals surface area contributed by atoms with Gasteiger partial charge in [0.15, 0.2) is 0 Å². The van der Waals surface area contributed by atoms with E-state index in [1.165, 1.54) is 86.5 Å². The van der Waals surface area contributed by atoms with Crippen molar-refractivity contribution >= 4 is 26.7 Å². The van der Waals surface area contributed by atoms with E-state index in [4.69, 9.17) is 4.74 Å². The van der Waals surface area contributed by atoms with E-state index in [2.05, 4.69) is 107 Å². The fraction of sp³-hybridized carbons (Fsp3) is 0.486. The first-order chi connectivity index (χ1) is 19.0. The van der Waals surface area contributed by atoms with Crippen molar-refractivity contribution in [3.8, 4) is 16.9 Å². The molecule has 0 bridgehead atoms. The number of rotatable bonds is 6. The van der Waals surface area contributed by atoms with Crippen LogP contribution in [0, 0.1) is 19.9 Å². The second-order valence-corrected chi connectivity index (χ2v) is 14.4. The molecule has 5 rings (SSSR count). The molecular weight excluding hydrogens is 654 g/mol. The number of halogens is 1. The Labute approximate surface area is 257 Å². The summed E-state index contributed by atoms with van der Waals surface area (Å²) >= 11 is 5.35. The third-order valence-electron chi connectivity index (χ3n) is 8.08. The predicted molar refractivity (Wildman–Crippen MR) is 173 cm³/mol. The van der Waals surface area contributed by atoms with Crippen molar-refractivity contribution < 1.29 is 21.9 Å². The van der Waals surface area contributed by atoms with Crippen LogP contribution >= 0.6 is 21.4 Å². The summed E-state index contributed by atoms with van der Waals surface area (Å²) < 4.78 is 6.32. The van der Waals surface area contributed by atoms with E-state index in [0.29, 0.717) is 0 Å². The van der Waals surface area contributed by atoms with Gasteiger partial charge in [-0.2, -0.15) is 35.9 Å². The molecule has 4 heteroatoms. The fourth-order valence-electron chi connectivity index (χ4n) is 6.36. The molecule has 0 aliphatic heterocycles. The van der Waals surface area contributed by atoms with Crippen molar-refractivity contribution in [3.63, 3.8) is 0 Å². The summed E-state index contributed by atoms with van der Waals surface area (Å²) in [4.78, 5) is 0. The molecule has 0 N–H and O–H groups in total. The van der Waals surface area contributed by atoms with Gasteiger partial charge in [-0.05, 0) is 89.8 Å². The van der Waals surface area contributed by atoms with Gasteiger partial charge in [-0.25, -0.2) is 0 Å². The monoisotopic (exact) mass is 699 g/mol. The SMILES string of the molecule is Cc1cc[c-]cc1.Cc1cccc(OC(C)C)c1-c1ccccc1[PH+](C1CCCCC1)C1CCCCC1.[Br][Pd+]. The predicted octanol–water partition coefficient (Wildman–Crippen LogP) is 10.6. The summed E-state index contributed by atoms with van der Waals surface area (Å²) in [7, 11) is -0.617. The third-order valence-corrected chi connectivity index (χ3v) is 12.1. The Hall–Kier alpha value is -0.968. The Balaban J connectivity index is 0.000000401.